The van der Waals surface area contributed by atoms with Crippen molar-refractivity contribution in [3.8, 4) is 0 Å². The predicted molar refractivity (Wildman–Crippen MR) is 74.5 cm³/mol. The van der Waals surface area contributed by atoms with E-state index in [2.05, 4.69) is 19.2 Å². The Morgan fingerprint density at radius 2 is 2.17 bits per heavy atom. The Labute approximate surface area is 114 Å². The number of benzene rings is 1. The van der Waals surface area contributed by atoms with Crippen LogP contribution in [0.1, 0.15) is 32.3 Å². The summed E-state index contributed by atoms with van der Waals surface area (Å²) in [4.78, 5) is 0. The molecule has 1 aromatic rings. The summed E-state index contributed by atoms with van der Waals surface area (Å²) in [7, 11) is 0. The van der Waals surface area contributed by atoms with Gasteiger partial charge in [0, 0.05) is 6.54 Å². The lowest BCUT2D eigenvalue weighted by Crippen LogP contribution is -2.35. The van der Waals surface area contributed by atoms with Crippen molar-refractivity contribution in [1.29, 1.82) is 0 Å². The van der Waals surface area contributed by atoms with Gasteiger partial charge in [-0.15, -0.1) is 0 Å². The van der Waals surface area contributed by atoms with Gasteiger partial charge in [-0.05, 0) is 48.8 Å². The molecule has 18 heavy (non-hydrogen) atoms. The van der Waals surface area contributed by atoms with Gasteiger partial charge >= 0.3 is 0 Å². The summed E-state index contributed by atoms with van der Waals surface area (Å²) in [5.41, 5.74) is 0.886. The third-order valence-corrected chi connectivity index (χ3v) is 4.26. The Morgan fingerprint density at radius 3 is 2.78 bits per heavy atom. The van der Waals surface area contributed by atoms with E-state index < -0.39 is 0 Å². The first-order valence-electron chi connectivity index (χ1n) is 6.70. The summed E-state index contributed by atoms with van der Waals surface area (Å²) in [6.07, 6.45) is 3.30. The monoisotopic (exact) mass is 269 g/mol. The molecule has 100 valence electrons. The van der Waals surface area contributed by atoms with Crippen molar-refractivity contribution in [3.05, 3.63) is 34.6 Å². The number of nitrogens with one attached hydrogen (secondary N) is 1. The summed E-state index contributed by atoms with van der Waals surface area (Å²) in [5, 5.41) is 3.64. The van der Waals surface area contributed by atoms with Crippen molar-refractivity contribution in [2.24, 2.45) is 11.3 Å². The minimum Gasteiger partial charge on any atom is -0.316 e. The second-order valence-electron chi connectivity index (χ2n) is 5.60. The Hall–Kier alpha value is -0.600. The molecule has 1 nitrogen and oxygen atoms in total. The zero-order valence-corrected chi connectivity index (χ0v) is 11.9. The first-order chi connectivity index (χ1) is 8.57. The Balaban J connectivity index is 2.15. The van der Waals surface area contributed by atoms with Gasteiger partial charge < -0.3 is 5.32 Å². The molecule has 1 atom stereocenters. The highest BCUT2D eigenvalue weighted by atomic mass is 35.5. The van der Waals surface area contributed by atoms with E-state index >= 15 is 0 Å². The minimum absolute atomic E-state index is 0.140. The molecule has 1 aromatic carbocycles. The molecule has 0 aliphatic heterocycles. The highest BCUT2D eigenvalue weighted by Crippen LogP contribution is 2.47. The molecule has 0 aromatic heterocycles. The van der Waals surface area contributed by atoms with Crippen LogP contribution in [-0.4, -0.2) is 13.1 Å². The second kappa shape index (κ2) is 5.58. The molecule has 1 saturated carbocycles. The van der Waals surface area contributed by atoms with Gasteiger partial charge in [-0.1, -0.05) is 37.6 Å². The van der Waals surface area contributed by atoms with Crippen molar-refractivity contribution in [2.75, 3.05) is 13.1 Å². The maximum Gasteiger partial charge on any atom is 0.144 e. The lowest BCUT2D eigenvalue weighted by atomic mass is 9.78. The molecule has 0 amide bonds. The van der Waals surface area contributed by atoms with Gasteiger partial charge in [-0.2, -0.15) is 0 Å². The van der Waals surface area contributed by atoms with E-state index in [1.807, 2.05) is 12.1 Å². The van der Waals surface area contributed by atoms with Crippen LogP contribution in [0.2, 0.25) is 5.02 Å². The van der Waals surface area contributed by atoms with Crippen LogP contribution >= 0.6 is 11.6 Å². The first-order valence-corrected chi connectivity index (χ1v) is 7.08. The Kier molecular flexibility index (Phi) is 4.29. The lowest BCUT2D eigenvalue weighted by Gasteiger charge is -2.30. The molecule has 1 N–H and O–H groups in total. The Bertz CT molecular complexity index is 417. The van der Waals surface area contributed by atoms with Crippen LogP contribution in [0.3, 0.4) is 0 Å². The van der Waals surface area contributed by atoms with Gasteiger partial charge in [0.2, 0.25) is 0 Å². The fourth-order valence-corrected chi connectivity index (χ4v) is 2.86. The second-order valence-corrected chi connectivity index (χ2v) is 6.01. The number of rotatable bonds is 6. The predicted octanol–water partition coefficient (Wildman–Crippen LogP) is 4.05. The topological polar surface area (TPSA) is 12.0 Å². The largest absolute Gasteiger partial charge is 0.316 e. The van der Waals surface area contributed by atoms with Crippen LogP contribution in [-0.2, 0) is 6.42 Å². The maximum absolute atomic E-state index is 14.0. The molecule has 0 spiro atoms. The standard InChI is InChI=1S/C15H21ClFN/c1-3-18-10-15(2,12-7-8-12)9-11-5-4-6-13(16)14(11)17/h4-6,12,18H,3,7-10H2,1-2H3. The van der Waals surface area contributed by atoms with Gasteiger partial charge in [0.15, 0.2) is 0 Å². The molecule has 3 heteroatoms. The van der Waals surface area contributed by atoms with Gasteiger partial charge in [0.1, 0.15) is 5.82 Å². The van der Waals surface area contributed by atoms with Crippen LogP contribution in [0.25, 0.3) is 0 Å². The van der Waals surface area contributed by atoms with Crippen LogP contribution in [0, 0.1) is 17.2 Å². The third kappa shape index (κ3) is 3.04. The van der Waals surface area contributed by atoms with Gasteiger partial charge in [0.05, 0.1) is 5.02 Å². The van der Waals surface area contributed by atoms with E-state index in [1.54, 1.807) is 6.07 Å². The minimum atomic E-state index is -0.248. The molecule has 0 heterocycles. The van der Waals surface area contributed by atoms with Crippen LogP contribution in [0.4, 0.5) is 4.39 Å². The van der Waals surface area contributed by atoms with E-state index in [0.717, 1.165) is 31.0 Å². The van der Waals surface area contributed by atoms with Crippen molar-refractivity contribution in [1.82, 2.24) is 5.32 Å². The number of halogens is 2. The average molecular weight is 270 g/mol. The highest BCUT2D eigenvalue weighted by Gasteiger charge is 2.41. The maximum atomic E-state index is 14.0. The smallest absolute Gasteiger partial charge is 0.144 e. The summed E-state index contributed by atoms with van der Waals surface area (Å²) in [6.45, 7) is 6.27. The van der Waals surface area contributed by atoms with Crippen molar-refractivity contribution >= 4 is 11.6 Å². The van der Waals surface area contributed by atoms with Crippen molar-refractivity contribution in [2.45, 2.75) is 33.1 Å². The summed E-state index contributed by atoms with van der Waals surface area (Å²) in [6, 6.07) is 5.30. The zero-order valence-electron chi connectivity index (χ0n) is 11.1. The molecule has 0 bridgehead atoms. The number of hydrogen-bond donors (Lipinski definition) is 1. The van der Waals surface area contributed by atoms with E-state index in [9.17, 15) is 4.39 Å². The molecule has 1 aliphatic carbocycles. The molecule has 0 saturated heterocycles. The van der Waals surface area contributed by atoms with Gasteiger partial charge in [-0.25, -0.2) is 4.39 Å². The van der Waals surface area contributed by atoms with Crippen LogP contribution in [0.5, 0.6) is 0 Å². The van der Waals surface area contributed by atoms with Gasteiger partial charge in [0.25, 0.3) is 0 Å². The van der Waals surface area contributed by atoms with Crippen molar-refractivity contribution < 1.29 is 4.39 Å². The normalized spacial score (nSPS) is 18.7. The Morgan fingerprint density at radius 1 is 1.44 bits per heavy atom. The van der Waals surface area contributed by atoms with E-state index in [0.29, 0.717) is 0 Å². The van der Waals surface area contributed by atoms with Crippen LogP contribution < -0.4 is 5.32 Å². The average Bonchev–Trinajstić information content (AvgIpc) is 3.17. The molecule has 1 unspecified atom stereocenters. The quantitative estimate of drug-likeness (QED) is 0.822. The van der Waals surface area contributed by atoms with Gasteiger partial charge in [-0.3, -0.25) is 0 Å². The summed E-state index contributed by atoms with van der Waals surface area (Å²) < 4.78 is 14.0. The molecular formula is C15H21ClFN. The fraction of sp³-hybridized carbons (Fsp3) is 0.600. The molecule has 1 aliphatic rings. The van der Waals surface area contributed by atoms with Crippen molar-refractivity contribution in [3.63, 3.8) is 0 Å². The first kappa shape index (κ1) is 13.8. The third-order valence-electron chi connectivity index (χ3n) is 3.97. The molecule has 0 radical (unpaired) electrons. The highest BCUT2D eigenvalue weighted by molar-refractivity contribution is 6.30. The number of hydrogen-bond acceptors (Lipinski definition) is 1. The lowest BCUT2D eigenvalue weighted by molar-refractivity contribution is 0.255. The van der Waals surface area contributed by atoms with Crippen LogP contribution in [0.15, 0.2) is 18.2 Å². The SMILES string of the molecule is CCNCC(C)(Cc1cccc(Cl)c1F)C1CC1. The molecule has 2 rings (SSSR count). The molecular weight excluding hydrogens is 249 g/mol. The summed E-state index contributed by atoms with van der Waals surface area (Å²) >= 11 is 5.85. The molecule has 1 fully saturated rings. The summed E-state index contributed by atoms with van der Waals surface area (Å²) in [5.74, 6) is 0.470. The van der Waals surface area contributed by atoms with E-state index in [-0.39, 0.29) is 16.3 Å². The fourth-order valence-electron chi connectivity index (χ4n) is 2.66. The van der Waals surface area contributed by atoms with E-state index in [1.165, 1.54) is 12.8 Å². The van der Waals surface area contributed by atoms with E-state index in [4.69, 9.17) is 11.6 Å². The zero-order chi connectivity index (χ0) is 13.2.